The molecule has 0 saturated heterocycles. The van der Waals surface area contributed by atoms with Crippen LogP contribution in [-0.4, -0.2) is 24.9 Å². The summed E-state index contributed by atoms with van der Waals surface area (Å²) in [6, 6.07) is 10.5. The van der Waals surface area contributed by atoms with Gasteiger partial charge in [-0.2, -0.15) is 0 Å². The third kappa shape index (κ3) is 5.17. The highest BCUT2D eigenvalue weighted by Gasteiger charge is 2.25. The zero-order chi connectivity index (χ0) is 19.4. The summed E-state index contributed by atoms with van der Waals surface area (Å²) in [6.07, 6.45) is 4.61. The van der Waals surface area contributed by atoms with Gasteiger partial charge in [-0.15, -0.1) is 0 Å². The van der Waals surface area contributed by atoms with Crippen molar-refractivity contribution in [3.63, 3.8) is 0 Å². The van der Waals surface area contributed by atoms with Crippen molar-refractivity contribution in [2.24, 2.45) is 4.99 Å². The van der Waals surface area contributed by atoms with Crippen molar-refractivity contribution < 1.29 is 4.74 Å². The maximum absolute atomic E-state index is 5.78. The first-order valence-electron chi connectivity index (χ1n) is 9.25. The maximum Gasteiger partial charge on any atom is 0.131 e. The van der Waals surface area contributed by atoms with E-state index in [2.05, 4.69) is 63.7 Å². The highest BCUT2D eigenvalue weighted by Crippen LogP contribution is 2.37. The molecule has 0 amide bonds. The van der Waals surface area contributed by atoms with E-state index in [0.29, 0.717) is 6.54 Å². The van der Waals surface area contributed by atoms with Crippen molar-refractivity contribution in [3.05, 3.63) is 58.9 Å². The van der Waals surface area contributed by atoms with Crippen LogP contribution in [0.3, 0.4) is 0 Å². The number of aromatic nitrogens is 1. The fourth-order valence-corrected chi connectivity index (χ4v) is 2.85. The topological polar surface area (TPSA) is 34.5 Å². The lowest BCUT2D eigenvalue weighted by atomic mass is 9.79. The standard InChI is InChI=1S/C23H32N2O/c1-22(2,3)18-14-17(21(26-7)20(15-18)23(4,5)6)16-24-13-11-19-10-8-9-12-25-19/h8-10,12,14-16H,11,13H2,1-7H3/b24-16+. The zero-order valence-corrected chi connectivity index (χ0v) is 17.3. The number of aliphatic imine (C=N–C) groups is 1. The molecule has 0 atom stereocenters. The van der Waals surface area contributed by atoms with E-state index in [1.165, 1.54) is 11.1 Å². The van der Waals surface area contributed by atoms with Crippen LogP contribution in [0.25, 0.3) is 0 Å². The molecule has 3 heteroatoms. The summed E-state index contributed by atoms with van der Waals surface area (Å²) in [5.74, 6) is 0.923. The predicted molar refractivity (Wildman–Crippen MR) is 111 cm³/mol. The van der Waals surface area contributed by atoms with Crippen LogP contribution >= 0.6 is 0 Å². The molecule has 0 aliphatic heterocycles. The van der Waals surface area contributed by atoms with E-state index >= 15 is 0 Å². The fraction of sp³-hybridized carbons (Fsp3) is 0.478. The van der Waals surface area contributed by atoms with Crippen molar-refractivity contribution in [1.82, 2.24) is 4.98 Å². The van der Waals surface area contributed by atoms with Crippen LogP contribution in [0.15, 0.2) is 41.5 Å². The average molecular weight is 353 g/mol. The summed E-state index contributed by atoms with van der Waals surface area (Å²) in [6.45, 7) is 14.1. The van der Waals surface area contributed by atoms with Gasteiger partial charge in [0.25, 0.3) is 0 Å². The van der Waals surface area contributed by atoms with Gasteiger partial charge in [-0.25, -0.2) is 0 Å². The Labute approximate surface area is 158 Å². The molecule has 0 aliphatic carbocycles. The van der Waals surface area contributed by atoms with Crippen molar-refractivity contribution >= 4 is 6.21 Å². The van der Waals surface area contributed by atoms with E-state index in [1.54, 1.807) is 7.11 Å². The molecule has 0 aliphatic rings. The molecular formula is C23H32N2O. The predicted octanol–water partition coefficient (Wildman–Crippen LogP) is 5.35. The Morgan fingerprint density at radius 2 is 1.77 bits per heavy atom. The van der Waals surface area contributed by atoms with Gasteiger partial charge in [0.2, 0.25) is 0 Å². The number of rotatable bonds is 5. The van der Waals surface area contributed by atoms with Gasteiger partial charge < -0.3 is 4.74 Å². The summed E-state index contributed by atoms with van der Waals surface area (Å²) in [4.78, 5) is 9.00. The summed E-state index contributed by atoms with van der Waals surface area (Å²) in [7, 11) is 1.74. The first-order chi connectivity index (χ1) is 12.1. The average Bonchev–Trinajstić information content (AvgIpc) is 2.57. The number of methoxy groups -OCH3 is 1. The lowest BCUT2D eigenvalue weighted by Crippen LogP contribution is -2.18. The molecule has 2 rings (SSSR count). The minimum atomic E-state index is 0.00313. The second kappa shape index (κ2) is 8.03. The summed E-state index contributed by atoms with van der Waals surface area (Å²) in [5.41, 5.74) is 4.71. The van der Waals surface area contributed by atoms with Gasteiger partial charge in [0.05, 0.1) is 7.11 Å². The molecule has 1 aromatic carbocycles. The molecule has 1 aromatic heterocycles. The first kappa shape index (κ1) is 20.2. The van der Waals surface area contributed by atoms with Gasteiger partial charge in [0, 0.05) is 42.2 Å². The van der Waals surface area contributed by atoms with Gasteiger partial charge in [-0.05, 0) is 34.6 Å². The van der Waals surface area contributed by atoms with Gasteiger partial charge in [0.15, 0.2) is 0 Å². The first-order valence-corrected chi connectivity index (χ1v) is 9.25. The molecule has 0 N–H and O–H groups in total. The van der Waals surface area contributed by atoms with Crippen LogP contribution < -0.4 is 4.74 Å². The van der Waals surface area contributed by atoms with Crippen LogP contribution in [0.2, 0.25) is 0 Å². The highest BCUT2D eigenvalue weighted by atomic mass is 16.5. The Morgan fingerprint density at radius 1 is 1.04 bits per heavy atom. The van der Waals surface area contributed by atoms with E-state index in [9.17, 15) is 0 Å². The molecule has 2 aromatic rings. The molecule has 0 spiro atoms. The Morgan fingerprint density at radius 3 is 2.31 bits per heavy atom. The number of benzene rings is 1. The van der Waals surface area contributed by atoms with E-state index < -0.39 is 0 Å². The molecule has 140 valence electrons. The minimum Gasteiger partial charge on any atom is -0.496 e. The normalized spacial score (nSPS) is 12.6. The quantitative estimate of drug-likeness (QED) is 0.680. The monoisotopic (exact) mass is 352 g/mol. The molecule has 0 radical (unpaired) electrons. The molecule has 3 nitrogen and oxygen atoms in total. The van der Waals surface area contributed by atoms with Gasteiger partial charge in [-0.1, -0.05) is 53.7 Å². The van der Waals surface area contributed by atoms with E-state index in [0.717, 1.165) is 23.4 Å². The van der Waals surface area contributed by atoms with E-state index in [1.807, 2.05) is 30.6 Å². The second-order valence-corrected chi connectivity index (χ2v) is 8.75. The van der Waals surface area contributed by atoms with E-state index in [-0.39, 0.29) is 10.8 Å². The van der Waals surface area contributed by atoms with E-state index in [4.69, 9.17) is 4.74 Å². The van der Waals surface area contributed by atoms with Gasteiger partial charge in [-0.3, -0.25) is 9.98 Å². The van der Waals surface area contributed by atoms with Crippen LogP contribution in [0.4, 0.5) is 0 Å². The number of hydrogen-bond donors (Lipinski definition) is 0. The molecule has 1 heterocycles. The SMILES string of the molecule is COc1c(/C=N/CCc2ccccn2)cc(C(C)(C)C)cc1C(C)(C)C. The molecule has 0 fully saturated rings. The smallest absolute Gasteiger partial charge is 0.131 e. The van der Waals surface area contributed by atoms with Crippen molar-refractivity contribution in [3.8, 4) is 5.75 Å². The fourth-order valence-electron chi connectivity index (χ4n) is 2.85. The molecule has 0 saturated carbocycles. The lowest BCUT2D eigenvalue weighted by Gasteiger charge is -2.28. The van der Waals surface area contributed by atoms with Gasteiger partial charge >= 0.3 is 0 Å². The summed E-state index contributed by atoms with van der Waals surface area (Å²) < 4.78 is 5.78. The molecule has 0 unspecified atom stereocenters. The number of pyridine rings is 1. The van der Waals surface area contributed by atoms with Gasteiger partial charge in [0.1, 0.15) is 5.75 Å². The van der Waals surface area contributed by atoms with Crippen LogP contribution in [-0.2, 0) is 17.3 Å². The van der Waals surface area contributed by atoms with Crippen molar-refractivity contribution in [1.29, 1.82) is 0 Å². The Hall–Kier alpha value is -2.16. The number of hydrogen-bond acceptors (Lipinski definition) is 3. The zero-order valence-electron chi connectivity index (χ0n) is 17.3. The second-order valence-electron chi connectivity index (χ2n) is 8.75. The maximum atomic E-state index is 5.78. The van der Waals surface area contributed by atoms with Crippen molar-refractivity contribution in [2.75, 3.05) is 13.7 Å². The van der Waals surface area contributed by atoms with Crippen LogP contribution in [0, 0.1) is 0 Å². The number of ether oxygens (including phenoxy) is 1. The summed E-state index contributed by atoms with van der Waals surface area (Å²) in [5, 5.41) is 0. The minimum absolute atomic E-state index is 0.00313. The third-order valence-corrected chi connectivity index (χ3v) is 4.45. The Kier molecular flexibility index (Phi) is 6.22. The Bertz CT molecular complexity index is 750. The van der Waals surface area contributed by atoms with Crippen LogP contribution in [0.1, 0.15) is 63.9 Å². The molecule has 26 heavy (non-hydrogen) atoms. The highest BCUT2D eigenvalue weighted by molar-refractivity contribution is 5.85. The lowest BCUT2D eigenvalue weighted by molar-refractivity contribution is 0.396. The largest absolute Gasteiger partial charge is 0.496 e. The Balaban J connectivity index is 2.34. The van der Waals surface area contributed by atoms with Crippen molar-refractivity contribution in [2.45, 2.75) is 58.8 Å². The molecular weight excluding hydrogens is 320 g/mol. The van der Waals surface area contributed by atoms with Crippen LogP contribution in [0.5, 0.6) is 5.75 Å². The number of nitrogens with zero attached hydrogens (tertiary/aromatic N) is 2. The summed E-state index contributed by atoms with van der Waals surface area (Å²) >= 11 is 0. The molecule has 0 bridgehead atoms. The third-order valence-electron chi connectivity index (χ3n) is 4.45.